The molecule has 32 heavy (non-hydrogen) atoms. The Morgan fingerprint density at radius 3 is 2.47 bits per heavy atom. The van der Waals surface area contributed by atoms with E-state index in [1.807, 2.05) is 0 Å². The average Bonchev–Trinajstić information content (AvgIpc) is 3.20. The van der Waals surface area contributed by atoms with Gasteiger partial charge >= 0.3 is 0 Å². The summed E-state index contributed by atoms with van der Waals surface area (Å²) in [6.45, 7) is 0. The van der Waals surface area contributed by atoms with Gasteiger partial charge in [-0.3, -0.25) is 0 Å². The van der Waals surface area contributed by atoms with Gasteiger partial charge in [0, 0.05) is 38.9 Å². The molecule has 0 bridgehead atoms. The molecule has 0 fully saturated rings. The second-order valence-corrected chi connectivity index (χ2v) is 8.57. The van der Waals surface area contributed by atoms with E-state index in [0.717, 1.165) is 12.8 Å². The largest absolute Gasteiger partial charge is 0.353 e. The van der Waals surface area contributed by atoms with Crippen LogP contribution in [0.25, 0.3) is 38.5 Å². The fourth-order valence-electron chi connectivity index (χ4n) is 5.43. The zero-order valence-corrected chi connectivity index (χ0v) is 17.7. The molecular formula is C30H22N2. The van der Waals surface area contributed by atoms with Gasteiger partial charge in [-0.2, -0.15) is 0 Å². The molecule has 2 nitrogen and oxygen atoms in total. The molecule has 0 spiro atoms. The summed E-state index contributed by atoms with van der Waals surface area (Å²) in [5.41, 5.74) is 10.1. The van der Waals surface area contributed by atoms with Crippen molar-refractivity contribution in [3.63, 3.8) is 0 Å². The van der Waals surface area contributed by atoms with Gasteiger partial charge in [0.2, 0.25) is 0 Å². The molecule has 4 aromatic carbocycles. The molecule has 0 atom stereocenters. The van der Waals surface area contributed by atoms with E-state index < -0.39 is 0 Å². The smallest absolute Gasteiger partial charge is 0.0566 e. The number of rotatable bonds is 1. The fraction of sp³-hybridized carbons (Fsp3) is 0.0667. The Bertz CT molecular complexity index is 1570. The number of H-pyrrole nitrogens is 1. The van der Waals surface area contributed by atoms with Gasteiger partial charge in [0.15, 0.2) is 0 Å². The molecule has 0 radical (unpaired) electrons. The molecule has 1 aliphatic heterocycles. The maximum Gasteiger partial charge on any atom is 0.0566 e. The highest BCUT2D eigenvalue weighted by Crippen LogP contribution is 2.50. The van der Waals surface area contributed by atoms with Gasteiger partial charge in [0.25, 0.3) is 0 Å². The highest BCUT2D eigenvalue weighted by atomic mass is 15.2. The van der Waals surface area contributed by atoms with Crippen molar-refractivity contribution in [1.82, 2.24) is 4.98 Å². The van der Waals surface area contributed by atoms with Crippen molar-refractivity contribution in [3.8, 4) is 11.3 Å². The van der Waals surface area contributed by atoms with Crippen molar-refractivity contribution in [1.29, 1.82) is 0 Å². The maximum absolute atomic E-state index is 3.87. The normalized spacial score (nSPS) is 14.9. The fourth-order valence-corrected chi connectivity index (χ4v) is 5.43. The van der Waals surface area contributed by atoms with Crippen molar-refractivity contribution >= 4 is 38.6 Å². The van der Waals surface area contributed by atoms with Gasteiger partial charge in [-0.05, 0) is 36.4 Å². The molecule has 2 heteroatoms. The number of aromatic nitrogens is 1. The van der Waals surface area contributed by atoms with Crippen LogP contribution in [0, 0.1) is 0 Å². The lowest BCUT2D eigenvalue weighted by atomic mass is 9.93. The van der Waals surface area contributed by atoms with Crippen LogP contribution in [0.1, 0.15) is 18.4 Å². The van der Waals surface area contributed by atoms with Gasteiger partial charge in [-0.25, -0.2) is 0 Å². The van der Waals surface area contributed by atoms with Crippen molar-refractivity contribution in [2.75, 3.05) is 4.90 Å². The third-order valence-electron chi connectivity index (χ3n) is 6.81. The molecule has 0 amide bonds. The van der Waals surface area contributed by atoms with Crippen LogP contribution in [0.5, 0.6) is 0 Å². The maximum atomic E-state index is 3.87. The Morgan fingerprint density at radius 1 is 0.719 bits per heavy atom. The Kier molecular flexibility index (Phi) is 3.71. The standard InChI is InChI=1S/C30H22N2/c1-2-11-21(12-3-1)32-26-16-8-6-14-23(26)28-25-19-18-20-10-4-5-13-22(20)29(25)31-30(28)24-15-7-9-17-27(24)32/h1-7,9-15,17-19,31H,8,16H2. The predicted octanol–water partition coefficient (Wildman–Crippen LogP) is 8.20. The average molecular weight is 411 g/mol. The molecule has 5 aromatic rings. The molecule has 0 saturated heterocycles. The van der Waals surface area contributed by atoms with Crippen LogP contribution in [-0.2, 0) is 0 Å². The van der Waals surface area contributed by atoms with E-state index in [0.29, 0.717) is 0 Å². The molecular weight excluding hydrogens is 388 g/mol. The van der Waals surface area contributed by atoms with Crippen LogP contribution in [0.2, 0.25) is 0 Å². The molecule has 7 rings (SSSR count). The van der Waals surface area contributed by atoms with Crippen LogP contribution in [0.15, 0.2) is 109 Å². The van der Waals surface area contributed by atoms with Crippen molar-refractivity contribution < 1.29 is 0 Å². The zero-order valence-electron chi connectivity index (χ0n) is 17.7. The Balaban J connectivity index is 1.65. The highest BCUT2D eigenvalue weighted by Gasteiger charge is 2.30. The molecule has 2 aliphatic rings. The minimum absolute atomic E-state index is 1.02. The lowest BCUT2D eigenvalue weighted by Gasteiger charge is -2.30. The summed E-state index contributed by atoms with van der Waals surface area (Å²) in [7, 11) is 0. The molecule has 0 unspecified atom stereocenters. The van der Waals surface area contributed by atoms with Gasteiger partial charge in [-0.1, -0.05) is 84.9 Å². The third kappa shape index (κ3) is 2.41. The van der Waals surface area contributed by atoms with Crippen molar-refractivity contribution in [2.24, 2.45) is 0 Å². The van der Waals surface area contributed by atoms with E-state index in [1.54, 1.807) is 0 Å². The van der Waals surface area contributed by atoms with Crippen molar-refractivity contribution in [3.05, 3.63) is 114 Å². The van der Waals surface area contributed by atoms with Crippen LogP contribution in [0.4, 0.5) is 11.4 Å². The van der Waals surface area contributed by atoms with Crippen LogP contribution < -0.4 is 4.90 Å². The Labute approximate surface area is 187 Å². The lowest BCUT2D eigenvalue weighted by molar-refractivity contribution is 0.926. The number of hydrogen-bond donors (Lipinski definition) is 1. The third-order valence-corrected chi connectivity index (χ3v) is 6.81. The number of fused-ring (bicyclic) bond motifs is 8. The summed E-state index contributed by atoms with van der Waals surface area (Å²) in [6, 6.07) is 32.8. The highest BCUT2D eigenvalue weighted by molar-refractivity contribution is 6.15. The van der Waals surface area contributed by atoms with Crippen LogP contribution >= 0.6 is 0 Å². The first-order chi connectivity index (χ1) is 15.9. The summed E-state index contributed by atoms with van der Waals surface area (Å²) in [5, 5.41) is 3.84. The summed E-state index contributed by atoms with van der Waals surface area (Å²) < 4.78 is 0. The quantitative estimate of drug-likeness (QED) is 0.295. The molecule has 2 heterocycles. The van der Waals surface area contributed by atoms with Gasteiger partial charge in [-0.15, -0.1) is 0 Å². The number of para-hydroxylation sites is 2. The van der Waals surface area contributed by atoms with Crippen molar-refractivity contribution in [2.45, 2.75) is 12.8 Å². The number of allylic oxidation sites excluding steroid dienone is 4. The number of anilines is 2. The van der Waals surface area contributed by atoms with Crippen LogP contribution in [-0.4, -0.2) is 4.98 Å². The number of nitrogens with zero attached hydrogens (tertiary/aromatic N) is 1. The number of nitrogens with one attached hydrogen (secondary N) is 1. The first-order valence-corrected chi connectivity index (χ1v) is 11.3. The minimum Gasteiger partial charge on any atom is -0.353 e. The predicted molar refractivity (Wildman–Crippen MR) is 135 cm³/mol. The number of hydrogen-bond acceptors (Lipinski definition) is 1. The Morgan fingerprint density at radius 2 is 1.53 bits per heavy atom. The molecule has 152 valence electrons. The first kappa shape index (κ1) is 17.6. The van der Waals surface area contributed by atoms with E-state index in [9.17, 15) is 0 Å². The van der Waals surface area contributed by atoms with E-state index >= 15 is 0 Å². The summed E-state index contributed by atoms with van der Waals surface area (Å²) in [5.74, 6) is 0. The molecule has 0 saturated carbocycles. The summed E-state index contributed by atoms with van der Waals surface area (Å²) in [6.07, 6.45) is 6.74. The van der Waals surface area contributed by atoms with Gasteiger partial charge in [0.05, 0.1) is 16.9 Å². The second-order valence-electron chi connectivity index (χ2n) is 8.57. The van der Waals surface area contributed by atoms with Crippen LogP contribution in [0.3, 0.4) is 0 Å². The van der Waals surface area contributed by atoms with E-state index in [1.165, 1.54) is 61.1 Å². The first-order valence-electron chi connectivity index (χ1n) is 11.3. The van der Waals surface area contributed by atoms with Gasteiger partial charge < -0.3 is 9.88 Å². The number of aromatic amines is 1. The topological polar surface area (TPSA) is 19.0 Å². The SMILES string of the molecule is C1=CC2=C(CC1)N(c1ccccc1)c1ccccc1-c1[nH]c3c(ccc4ccccc43)c12. The van der Waals surface area contributed by atoms with Gasteiger partial charge in [0.1, 0.15) is 0 Å². The second kappa shape index (κ2) is 6.73. The zero-order chi connectivity index (χ0) is 21.1. The Hall–Kier alpha value is -4.04. The summed E-state index contributed by atoms with van der Waals surface area (Å²) >= 11 is 0. The van der Waals surface area contributed by atoms with E-state index in [4.69, 9.17) is 0 Å². The minimum atomic E-state index is 1.02. The monoisotopic (exact) mass is 410 g/mol. The van der Waals surface area contributed by atoms with E-state index in [-0.39, 0.29) is 0 Å². The number of benzene rings is 4. The molecule has 1 aromatic heterocycles. The van der Waals surface area contributed by atoms with E-state index in [2.05, 4.69) is 113 Å². The summed E-state index contributed by atoms with van der Waals surface area (Å²) in [4.78, 5) is 6.33. The molecule has 1 aliphatic carbocycles. The lowest BCUT2D eigenvalue weighted by Crippen LogP contribution is -2.18. The molecule has 1 N–H and O–H groups in total.